The number of carbonyl (C=O) groups is 1. The number of urea groups is 1. The molecule has 94 valence electrons. The maximum absolute atomic E-state index is 11.8. The predicted octanol–water partition coefficient (Wildman–Crippen LogP) is 2.68. The van der Waals surface area contributed by atoms with Crippen molar-refractivity contribution < 1.29 is 4.79 Å². The van der Waals surface area contributed by atoms with Crippen molar-refractivity contribution in [1.82, 2.24) is 9.78 Å². The molecule has 2 N–H and O–H groups in total. The Balaban J connectivity index is 2.03. The number of amides is 2. The topological polar surface area (TPSA) is 59.0 Å². The first-order valence-electron chi connectivity index (χ1n) is 5.70. The first kappa shape index (κ1) is 12.2. The summed E-state index contributed by atoms with van der Waals surface area (Å²) >= 11 is 0. The third-order valence-corrected chi connectivity index (χ3v) is 2.75. The smallest absolute Gasteiger partial charge is 0.307 e. The molecule has 0 bridgehead atoms. The minimum atomic E-state index is -0.289. The maximum atomic E-state index is 11.8. The summed E-state index contributed by atoms with van der Waals surface area (Å²) in [5.74, 6) is 0.543. The van der Waals surface area contributed by atoms with Crippen LogP contribution in [0.2, 0.25) is 0 Å². The minimum Gasteiger partial charge on any atom is -0.307 e. The zero-order valence-electron chi connectivity index (χ0n) is 10.7. The van der Waals surface area contributed by atoms with Gasteiger partial charge in [0.2, 0.25) is 0 Å². The molecule has 0 fully saturated rings. The molecule has 0 atom stereocenters. The summed E-state index contributed by atoms with van der Waals surface area (Å²) in [6.45, 7) is 3.87. The van der Waals surface area contributed by atoms with Crippen molar-refractivity contribution in [1.29, 1.82) is 0 Å². The minimum absolute atomic E-state index is 0.289. The molecule has 0 aliphatic rings. The highest BCUT2D eigenvalue weighted by Gasteiger charge is 2.07. The molecule has 0 aliphatic carbocycles. The number of nitrogens with one attached hydrogen (secondary N) is 2. The van der Waals surface area contributed by atoms with Gasteiger partial charge in [-0.15, -0.1) is 0 Å². The highest BCUT2D eigenvalue weighted by molar-refractivity contribution is 5.99. The number of aryl methyl sites for hydroxylation is 3. The molecular formula is C13H16N4O. The van der Waals surface area contributed by atoms with Gasteiger partial charge in [-0.25, -0.2) is 4.79 Å². The number of hydrogen-bond acceptors (Lipinski definition) is 2. The molecular weight excluding hydrogens is 228 g/mol. The van der Waals surface area contributed by atoms with Gasteiger partial charge < -0.3 is 5.32 Å². The molecule has 1 heterocycles. The van der Waals surface area contributed by atoms with E-state index >= 15 is 0 Å². The number of anilines is 2. The Morgan fingerprint density at radius 1 is 1.22 bits per heavy atom. The fraction of sp³-hybridized carbons (Fsp3) is 0.231. The molecule has 0 saturated heterocycles. The van der Waals surface area contributed by atoms with Gasteiger partial charge in [0.25, 0.3) is 0 Å². The lowest BCUT2D eigenvalue weighted by Crippen LogP contribution is -2.20. The fourth-order valence-electron chi connectivity index (χ4n) is 1.60. The zero-order chi connectivity index (χ0) is 13.1. The second kappa shape index (κ2) is 4.91. The molecule has 18 heavy (non-hydrogen) atoms. The van der Waals surface area contributed by atoms with Gasteiger partial charge in [-0.05, 0) is 25.5 Å². The number of benzene rings is 1. The van der Waals surface area contributed by atoms with E-state index in [-0.39, 0.29) is 6.03 Å². The third-order valence-electron chi connectivity index (χ3n) is 2.75. The van der Waals surface area contributed by atoms with Crippen LogP contribution in [0.4, 0.5) is 16.3 Å². The summed E-state index contributed by atoms with van der Waals surface area (Å²) in [6, 6.07) is 9.15. The molecule has 2 aromatic rings. The Kier molecular flexibility index (Phi) is 3.32. The van der Waals surface area contributed by atoms with Crippen molar-refractivity contribution in [3.63, 3.8) is 0 Å². The van der Waals surface area contributed by atoms with Gasteiger partial charge in [0.1, 0.15) is 0 Å². The van der Waals surface area contributed by atoms with Gasteiger partial charge in [-0.2, -0.15) is 5.10 Å². The van der Waals surface area contributed by atoms with Crippen LogP contribution in [0.1, 0.15) is 11.3 Å². The highest BCUT2D eigenvalue weighted by Crippen LogP contribution is 2.14. The van der Waals surface area contributed by atoms with Crippen LogP contribution in [-0.2, 0) is 7.05 Å². The molecule has 2 rings (SSSR count). The first-order valence-corrected chi connectivity index (χ1v) is 5.70. The van der Waals surface area contributed by atoms with E-state index in [4.69, 9.17) is 0 Å². The van der Waals surface area contributed by atoms with E-state index in [2.05, 4.69) is 15.7 Å². The number of rotatable bonds is 2. The summed E-state index contributed by atoms with van der Waals surface area (Å²) < 4.78 is 1.71. The number of nitrogens with zero attached hydrogens (tertiary/aromatic N) is 2. The van der Waals surface area contributed by atoms with Crippen LogP contribution in [0.15, 0.2) is 30.3 Å². The lowest BCUT2D eigenvalue weighted by atomic mass is 10.2. The third kappa shape index (κ3) is 2.68. The number of hydrogen-bond donors (Lipinski definition) is 2. The second-order valence-corrected chi connectivity index (χ2v) is 4.19. The van der Waals surface area contributed by atoms with Crippen molar-refractivity contribution in [2.24, 2.45) is 7.05 Å². The monoisotopic (exact) mass is 244 g/mol. The number of aromatic nitrogens is 2. The van der Waals surface area contributed by atoms with E-state index in [1.54, 1.807) is 4.68 Å². The van der Waals surface area contributed by atoms with Gasteiger partial charge in [-0.1, -0.05) is 18.2 Å². The van der Waals surface area contributed by atoms with Crippen molar-refractivity contribution in [3.05, 3.63) is 41.6 Å². The Bertz CT molecular complexity index is 555. The average Bonchev–Trinajstić information content (AvgIpc) is 2.61. The first-order chi connectivity index (χ1) is 8.56. The lowest BCUT2D eigenvalue weighted by Gasteiger charge is -2.07. The largest absolute Gasteiger partial charge is 0.324 e. The van der Waals surface area contributed by atoms with Crippen LogP contribution >= 0.6 is 0 Å². The standard InChI is InChI=1S/C13H16N4O/c1-9-6-4-5-7-11(9)14-13(18)15-12-8-10(2)17(3)16-12/h4-8H,1-3H3,(H2,14,15,16,18). The number of para-hydroxylation sites is 1. The molecule has 5 heteroatoms. The van der Waals surface area contributed by atoms with Gasteiger partial charge in [0, 0.05) is 24.5 Å². The zero-order valence-corrected chi connectivity index (χ0v) is 10.7. The summed E-state index contributed by atoms with van der Waals surface area (Å²) in [7, 11) is 1.83. The van der Waals surface area contributed by atoms with E-state index in [0.717, 1.165) is 16.9 Å². The molecule has 0 saturated carbocycles. The summed E-state index contributed by atoms with van der Waals surface area (Å²) in [6.07, 6.45) is 0. The highest BCUT2D eigenvalue weighted by atomic mass is 16.2. The summed E-state index contributed by atoms with van der Waals surface area (Å²) in [5.41, 5.74) is 2.80. The Morgan fingerprint density at radius 2 is 1.94 bits per heavy atom. The summed E-state index contributed by atoms with van der Waals surface area (Å²) in [4.78, 5) is 11.8. The van der Waals surface area contributed by atoms with Gasteiger partial charge in [0.15, 0.2) is 5.82 Å². The van der Waals surface area contributed by atoms with Crippen LogP contribution in [0.25, 0.3) is 0 Å². The van der Waals surface area contributed by atoms with Gasteiger partial charge >= 0.3 is 6.03 Å². The molecule has 0 radical (unpaired) electrons. The van der Waals surface area contributed by atoms with E-state index < -0.39 is 0 Å². The SMILES string of the molecule is Cc1ccccc1NC(=O)Nc1cc(C)n(C)n1. The Morgan fingerprint density at radius 3 is 2.56 bits per heavy atom. The fourth-order valence-corrected chi connectivity index (χ4v) is 1.60. The average molecular weight is 244 g/mol. The van der Waals surface area contributed by atoms with E-state index in [1.165, 1.54) is 0 Å². The molecule has 2 amide bonds. The van der Waals surface area contributed by atoms with Gasteiger partial charge in [0.05, 0.1) is 0 Å². The quantitative estimate of drug-likeness (QED) is 0.853. The van der Waals surface area contributed by atoms with Crippen molar-refractivity contribution in [3.8, 4) is 0 Å². The Hall–Kier alpha value is -2.30. The molecule has 0 unspecified atom stereocenters. The van der Waals surface area contributed by atoms with E-state index in [1.807, 2.05) is 51.2 Å². The predicted molar refractivity (Wildman–Crippen MR) is 71.8 cm³/mol. The van der Waals surface area contributed by atoms with Crippen LogP contribution in [-0.4, -0.2) is 15.8 Å². The molecule has 5 nitrogen and oxygen atoms in total. The summed E-state index contributed by atoms with van der Waals surface area (Å²) in [5, 5.41) is 9.64. The van der Waals surface area contributed by atoms with Crippen LogP contribution in [0.3, 0.4) is 0 Å². The van der Waals surface area contributed by atoms with Crippen LogP contribution in [0, 0.1) is 13.8 Å². The number of carbonyl (C=O) groups excluding carboxylic acids is 1. The molecule has 1 aromatic heterocycles. The van der Waals surface area contributed by atoms with E-state index in [9.17, 15) is 4.79 Å². The molecule has 0 aliphatic heterocycles. The lowest BCUT2D eigenvalue weighted by molar-refractivity contribution is 0.262. The molecule has 1 aromatic carbocycles. The van der Waals surface area contributed by atoms with Crippen molar-refractivity contribution in [2.45, 2.75) is 13.8 Å². The van der Waals surface area contributed by atoms with Crippen molar-refractivity contribution in [2.75, 3.05) is 10.6 Å². The molecule has 0 spiro atoms. The van der Waals surface area contributed by atoms with Crippen LogP contribution in [0.5, 0.6) is 0 Å². The van der Waals surface area contributed by atoms with E-state index in [0.29, 0.717) is 5.82 Å². The normalized spacial score (nSPS) is 10.2. The van der Waals surface area contributed by atoms with Crippen molar-refractivity contribution >= 4 is 17.5 Å². The second-order valence-electron chi connectivity index (χ2n) is 4.19. The van der Waals surface area contributed by atoms with Crippen LogP contribution < -0.4 is 10.6 Å². The maximum Gasteiger partial charge on any atom is 0.324 e. The Labute approximate surface area is 106 Å². The van der Waals surface area contributed by atoms with Gasteiger partial charge in [-0.3, -0.25) is 10.00 Å².